The van der Waals surface area contributed by atoms with E-state index in [9.17, 15) is 4.79 Å². The Morgan fingerprint density at radius 2 is 1.76 bits per heavy atom. The third-order valence-corrected chi connectivity index (χ3v) is 6.53. The Morgan fingerprint density at radius 3 is 2.56 bits per heavy atom. The number of aryl methyl sites for hydroxylation is 2. The van der Waals surface area contributed by atoms with E-state index in [1.165, 1.54) is 16.7 Å². The molecular formula is C29H23N3O2. The molecule has 2 aliphatic rings. The molecule has 3 aromatic carbocycles. The smallest absolute Gasteiger partial charge is 0.255 e. The molecule has 1 aromatic heterocycles. The lowest BCUT2D eigenvalue weighted by Crippen LogP contribution is -2.12. The second kappa shape index (κ2) is 7.96. The Kier molecular flexibility index (Phi) is 4.77. The highest BCUT2D eigenvalue weighted by molar-refractivity contribution is 6.08. The number of nitrogens with one attached hydrogen (secondary N) is 1. The van der Waals surface area contributed by atoms with Crippen molar-refractivity contribution in [1.82, 2.24) is 5.16 Å². The van der Waals surface area contributed by atoms with E-state index in [-0.39, 0.29) is 5.91 Å². The number of hydrogen-bond acceptors (Lipinski definition) is 4. The quantitative estimate of drug-likeness (QED) is 0.392. The maximum Gasteiger partial charge on any atom is 0.255 e. The van der Waals surface area contributed by atoms with Crippen LogP contribution < -0.4 is 5.32 Å². The molecule has 0 fully saturated rings. The molecular weight excluding hydrogens is 422 g/mol. The van der Waals surface area contributed by atoms with Gasteiger partial charge in [-0.15, -0.1) is 0 Å². The zero-order chi connectivity index (χ0) is 23.2. The van der Waals surface area contributed by atoms with Crippen LogP contribution in [0, 0.1) is 13.8 Å². The summed E-state index contributed by atoms with van der Waals surface area (Å²) in [5, 5.41) is 7.08. The van der Waals surface area contributed by atoms with Crippen LogP contribution in [0.1, 0.15) is 44.1 Å². The predicted octanol–water partition coefficient (Wildman–Crippen LogP) is 6.46. The first-order valence-corrected chi connectivity index (χ1v) is 11.4. The van der Waals surface area contributed by atoms with Crippen LogP contribution in [0.2, 0.25) is 0 Å². The molecule has 34 heavy (non-hydrogen) atoms. The molecule has 1 aliphatic carbocycles. The van der Waals surface area contributed by atoms with Crippen LogP contribution in [-0.2, 0) is 12.8 Å². The summed E-state index contributed by atoms with van der Waals surface area (Å²) >= 11 is 0. The number of amides is 1. The zero-order valence-corrected chi connectivity index (χ0v) is 19.1. The van der Waals surface area contributed by atoms with Crippen molar-refractivity contribution in [3.8, 4) is 11.1 Å². The lowest BCUT2D eigenvalue weighted by Gasteiger charge is -2.08. The third-order valence-electron chi connectivity index (χ3n) is 6.53. The van der Waals surface area contributed by atoms with Crippen LogP contribution in [0.3, 0.4) is 0 Å². The van der Waals surface area contributed by atoms with Crippen LogP contribution in [0.5, 0.6) is 0 Å². The summed E-state index contributed by atoms with van der Waals surface area (Å²) in [4.78, 5) is 17.6. The van der Waals surface area contributed by atoms with Gasteiger partial charge >= 0.3 is 0 Å². The van der Waals surface area contributed by atoms with Gasteiger partial charge in [0.05, 0.1) is 17.1 Å². The number of allylic oxidation sites excluding steroid dienone is 1. The van der Waals surface area contributed by atoms with E-state index in [1.54, 1.807) is 0 Å². The largest absolute Gasteiger partial charge is 0.361 e. The molecule has 1 N–H and O–H groups in total. The SMILES string of the molecule is Cc1noc(C)c1-c1ccc2c(c1)CC(c1ccc(C(=O)Nc3ccc4c(c3)CC=C4)cc1)=N2. The highest BCUT2D eigenvalue weighted by atomic mass is 16.5. The van der Waals surface area contributed by atoms with Crippen molar-refractivity contribution < 1.29 is 9.32 Å². The van der Waals surface area contributed by atoms with Gasteiger partial charge in [-0.3, -0.25) is 9.79 Å². The van der Waals surface area contributed by atoms with Gasteiger partial charge in [-0.05, 0) is 84.5 Å². The molecule has 0 atom stereocenters. The maximum atomic E-state index is 12.8. The van der Waals surface area contributed by atoms with Crippen LogP contribution in [0.25, 0.3) is 17.2 Å². The fraction of sp³-hybridized carbons (Fsp3) is 0.138. The molecule has 166 valence electrons. The van der Waals surface area contributed by atoms with Crippen molar-refractivity contribution >= 4 is 29.1 Å². The number of anilines is 1. The number of carbonyl (C=O) groups is 1. The standard InChI is InChI=1S/C29H23N3O2/c1-17-28(18(2)34-32-17)23-11-13-26-24(14-23)16-27(31-26)20-6-8-21(9-7-20)29(33)30-25-12-10-19-4-3-5-22(19)15-25/h3-4,6-15H,5,16H2,1-2H3,(H,30,33). The minimum absolute atomic E-state index is 0.113. The van der Waals surface area contributed by atoms with Gasteiger partial charge in [-0.2, -0.15) is 0 Å². The van der Waals surface area contributed by atoms with Gasteiger partial charge in [0.15, 0.2) is 0 Å². The summed E-state index contributed by atoms with van der Waals surface area (Å²) in [6, 6.07) is 20.0. The third kappa shape index (κ3) is 3.55. The fourth-order valence-electron chi connectivity index (χ4n) is 4.77. The highest BCUT2D eigenvalue weighted by Crippen LogP contribution is 2.35. The number of hydrogen-bond donors (Lipinski definition) is 1. The van der Waals surface area contributed by atoms with E-state index < -0.39 is 0 Å². The molecule has 2 heterocycles. The molecule has 0 bridgehead atoms. The molecule has 0 saturated carbocycles. The van der Waals surface area contributed by atoms with E-state index in [0.717, 1.165) is 58.1 Å². The Hall–Kier alpha value is -4.25. The second-order valence-electron chi connectivity index (χ2n) is 8.83. The van der Waals surface area contributed by atoms with E-state index in [4.69, 9.17) is 9.52 Å². The Morgan fingerprint density at radius 1 is 0.941 bits per heavy atom. The molecule has 4 aromatic rings. The van der Waals surface area contributed by atoms with Gasteiger partial charge in [0.25, 0.3) is 5.91 Å². The number of benzene rings is 3. The zero-order valence-electron chi connectivity index (χ0n) is 19.1. The van der Waals surface area contributed by atoms with Crippen molar-refractivity contribution in [3.05, 3.63) is 106 Å². The van der Waals surface area contributed by atoms with Crippen molar-refractivity contribution in [2.75, 3.05) is 5.32 Å². The summed E-state index contributed by atoms with van der Waals surface area (Å²) in [6.07, 6.45) is 5.91. The van der Waals surface area contributed by atoms with Gasteiger partial charge in [0, 0.05) is 23.2 Å². The summed E-state index contributed by atoms with van der Waals surface area (Å²) in [5.74, 6) is 0.709. The molecule has 5 nitrogen and oxygen atoms in total. The van der Waals surface area contributed by atoms with Crippen LogP contribution in [0.4, 0.5) is 11.4 Å². The fourth-order valence-corrected chi connectivity index (χ4v) is 4.77. The number of rotatable bonds is 4. The lowest BCUT2D eigenvalue weighted by atomic mass is 9.98. The van der Waals surface area contributed by atoms with E-state index in [2.05, 4.69) is 40.8 Å². The van der Waals surface area contributed by atoms with Crippen molar-refractivity contribution in [1.29, 1.82) is 0 Å². The van der Waals surface area contributed by atoms with Gasteiger partial charge in [0.2, 0.25) is 0 Å². The lowest BCUT2D eigenvalue weighted by molar-refractivity contribution is 0.102. The Balaban J connectivity index is 1.17. The summed E-state index contributed by atoms with van der Waals surface area (Å²) in [5.41, 5.74) is 11.1. The molecule has 0 spiro atoms. The summed E-state index contributed by atoms with van der Waals surface area (Å²) in [7, 11) is 0. The molecule has 0 radical (unpaired) electrons. The van der Waals surface area contributed by atoms with Gasteiger partial charge in [0.1, 0.15) is 5.76 Å². The number of aromatic nitrogens is 1. The summed E-state index contributed by atoms with van der Waals surface area (Å²) < 4.78 is 5.33. The monoisotopic (exact) mass is 445 g/mol. The van der Waals surface area contributed by atoms with Crippen LogP contribution in [0.15, 0.2) is 76.3 Å². The molecule has 1 aliphatic heterocycles. The van der Waals surface area contributed by atoms with E-state index in [0.29, 0.717) is 5.56 Å². The van der Waals surface area contributed by atoms with Gasteiger partial charge < -0.3 is 9.84 Å². The maximum absolute atomic E-state index is 12.8. The predicted molar refractivity (Wildman–Crippen MR) is 135 cm³/mol. The number of nitrogens with zero attached hydrogens (tertiary/aromatic N) is 2. The van der Waals surface area contributed by atoms with E-state index >= 15 is 0 Å². The number of aliphatic imine (C=N–C) groups is 1. The molecule has 5 heteroatoms. The summed E-state index contributed by atoms with van der Waals surface area (Å²) in [6.45, 7) is 3.89. The van der Waals surface area contributed by atoms with Crippen LogP contribution >= 0.6 is 0 Å². The second-order valence-corrected chi connectivity index (χ2v) is 8.83. The number of carbonyl (C=O) groups excluding carboxylic acids is 1. The average Bonchev–Trinajstić information content (AvgIpc) is 3.56. The normalized spacial score (nSPS) is 13.5. The minimum atomic E-state index is -0.113. The van der Waals surface area contributed by atoms with Gasteiger partial charge in [-0.1, -0.05) is 41.6 Å². The van der Waals surface area contributed by atoms with E-state index in [1.807, 2.05) is 56.3 Å². The first kappa shape index (κ1) is 20.4. The molecule has 1 amide bonds. The van der Waals surface area contributed by atoms with Crippen molar-refractivity contribution in [2.24, 2.45) is 4.99 Å². The van der Waals surface area contributed by atoms with Gasteiger partial charge in [-0.25, -0.2) is 0 Å². The topological polar surface area (TPSA) is 67.5 Å². The molecule has 6 rings (SSSR count). The highest BCUT2D eigenvalue weighted by Gasteiger charge is 2.19. The average molecular weight is 446 g/mol. The first-order valence-electron chi connectivity index (χ1n) is 11.4. The Bertz CT molecular complexity index is 1490. The minimum Gasteiger partial charge on any atom is -0.361 e. The van der Waals surface area contributed by atoms with Crippen LogP contribution in [-0.4, -0.2) is 16.8 Å². The van der Waals surface area contributed by atoms with Crippen molar-refractivity contribution in [2.45, 2.75) is 26.7 Å². The molecule has 0 saturated heterocycles. The molecule has 0 unspecified atom stereocenters. The van der Waals surface area contributed by atoms with Crippen molar-refractivity contribution in [3.63, 3.8) is 0 Å². The first-order chi connectivity index (χ1) is 16.5. The Labute approximate surface area is 197 Å². The number of fused-ring (bicyclic) bond motifs is 2.